The van der Waals surface area contributed by atoms with Crippen molar-refractivity contribution in [2.75, 3.05) is 30.4 Å². The van der Waals surface area contributed by atoms with Crippen LogP contribution in [0.3, 0.4) is 0 Å². The summed E-state index contributed by atoms with van der Waals surface area (Å²) in [5.74, 6) is 0.744. The van der Waals surface area contributed by atoms with Crippen LogP contribution in [0.15, 0.2) is 54.9 Å². The predicted molar refractivity (Wildman–Crippen MR) is 127 cm³/mol. The van der Waals surface area contributed by atoms with Gasteiger partial charge in [0.1, 0.15) is 23.8 Å². The molecule has 8 nitrogen and oxygen atoms in total. The van der Waals surface area contributed by atoms with E-state index in [1.807, 2.05) is 35.2 Å². The molecule has 34 heavy (non-hydrogen) atoms. The molecule has 1 fully saturated rings. The van der Waals surface area contributed by atoms with E-state index >= 15 is 4.39 Å². The van der Waals surface area contributed by atoms with Gasteiger partial charge in [-0.3, -0.25) is 9.78 Å². The number of rotatable bonds is 7. The summed E-state index contributed by atoms with van der Waals surface area (Å²) in [6.45, 7) is 0.717. The fraction of sp³-hybridized carbons (Fsp3) is 0.280. The number of halogens is 1. The second-order valence-corrected chi connectivity index (χ2v) is 8.13. The summed E-state index contributed by atoms with van der Waals surface area (Å²) in [4.78, 5) is 22.5. The van der Waals surface area contributed by atoms with Gasteiger partial charge >= 0.3 is 0 Å². The molecule has 1 saturated heterocycles. The first-order valence-electron chi connectivity index (χ1n) is 10.9. The fourth-order valence-electron chi connectivity index (χ4n) is 4.02. The van der Waals surface area contributed by atoms with Crippen LogP contribution in [-0.4, -0.2) is 48.3 Å². The maximum atomic E-state index is 15.1. The lowest BCUT2D eigenvalue weighted by Crippen LogP contribution is -2.48. The third kappa shape index (κ3) is 5.23. The van der Waals surface area contributed by atoms with Gasteiger partial charge in [-0.05, 0) is 42.3 Å². The summed E-state index contributed by atoms with van der Waals surface area (Å²) >= 11 is 0. The molecule has 0 bridgehead atoms. The molecule has 0 spiro atoms. The number of methoxy groups -OCH3 is 1. The van der Waals surface area contributed by atoms with Crippen molar-refractivity contribution >= 4 is 17.4 Å². The molecule has 1 amide bonds. The highest BCUT2D eigenvalue weighted by atomic mass is 19.1. The number of amides is 1. The molecule has 3 heterocycles. The molecule has 0 radical (unpaired) electrons. The van der Waals surface area contributed by atoms with E-state index in [1.165, 1.54) is 12.4 Å². The van der Waals surface area contributed by atoms with Crippen LogP contribution in [0.5, 0.6) is 5.75 Å². The van der Waals surface area contributed by atoms with Crippen molar-refractivity contribution in [3.63, 3.8) is 0 Å². The number of nitrogens with two attached hydrogens (primary N) is 1. The molecule has 1 aliphatic rings. The number of benzene rings is 1. The molecule has 1 aromatic carbocycles. The Balaban J connectivity index is 1.49. The highest BCUT2D eigenvalue weighted by Gasteiger charge is 2.30. The van der Waals surface area contributed by atoms with E-state index in [-0.39, 0.29) is 12.1 Å². The fourth-order valence-corrected chi connectivity index (χ4v) is 4.02. The summed E-state index contributed by atoms with van der Waals surface area (Å²) in [5.41, 5.74) is 8.41. The van der Waals surface area contributed by atoms with Crippen molar-refractivity contribution < 1.29 is 13.9 Å². The average molecular weight is 461 g/mol. The number of carbonyl (C=O) groups excluding carboxylic acids is 1. The van der Waals surface area contributed by atoms with Crippen molar-refractivity contribution in [2.24, 2.45) is 5.73 Å². The summed E-state index contributed by atoms with van der Waals surface area (Å²) < 4.78 is 20.4. The maximum absolute atomic E-state index is 15.1. The van der Waals surface area contributed by atoms with Crippen LogP contribution in [-0.2, 0) is 6.42 Å². The Hall–Kier alpha value is -4.19. The Morgan fingerprint density at radius 1 is 1.29 bits per heavy atom. The minimum absolute atomic E-state index is 0.143. The van der Waals surface area contributed by atoms with E-state index in [9.17, 15) is 4.79 Å². The van der Waals surface area contributed by atoms with Crippen LogP contribution >= 0.6 is 0 Å². The third-order valence-corrected chi connectivity index (χ3v) is 5.83. The molecular weight excluding hydrogens is 435 g/mol. The summed E-state index contributed by atoms with van der Waals surface area (Å²) in [6.07, 6.45) is 2.72. The first kappa shape index (κ1) is 23.0. The summed E-state index contributed by atoms with van der Waals surface area (Å²) in [7, 11) is 1.61. The second-order valence-electron chi connectivity index (χ2n) is 8.13. The molecule has 3 N–H and O–H groups in total. The molecular formula is C25H25FN6O2. The van der Waals surface area contributed by atoms with Gasteiger partial charge in [0.05, 0.1) is 36.5 Å². The maximum Gasteiger partial charge on any atom is 0.252 e. The highest BCUT2D eigenvalue weighted by Crippen LogP contribution is 2.26. The lowest BCUT2D eigenvalue weighted by atomic mass is 10.0. The van der Waals surface area contributed by atoms with Crippen molar-refractivity contribution in [2.45, 2.75) is 25.1 Å². The van der Waals surface area contributed by atoms with Gasteiger partial charge in [-0.25, -0.2) is 9.37 Å². The largest absolute Gasteiger partial charge is 0.497 e. The number of aromatic nitrogens is 2. The van der Waals surface area contributed by atoms with Crippen LogP contribution in [0.1, 0.15) is 33.6 Å². The van der Waals surface area contributed by atoms with Gasteiger partial charge in [-0.2, -0.15) is 5.26 Å². The second kappa shape index (κ2) is 10.2. The molecule has 2 aromatic heterocycles. The quantitative estimate of drug-likeness (QED) is 0.556. The molecule has 1 aliphatic heterocycles. The number of nitriles is 1. The number of anilines is 2. The minimum Gasteiger partial charge on any atom is -0.497 e. The zero-order chi connectivity index (χ0) is 24.1. The number of pyridine rings is 2. The van der Waals surface area contributed by atoms with E-state index < -0.39 is 18.1 Å². The number of nitrogens with zero attached hydrogens (tertiary/aromatic N) is 4. The van der Waals surface area contributed by atoms with Gasteiger partial charge in [0, 0.05) is 31.1 Å². The number of ether oxygens (including phenoxy) is 1. The lowest BCUT2D eigenvalue weighted by molar-refractivity contribution is 0.100. The molecule has 9 heteroatoms. The number of hydrogen-bond acceptors (Lipinski definition) is 7. The predicted octanol–water partition coefficient (Wildman–Crippen LogP) is 3.08. The minimum atomic E-state index is -1.21. The van der Waals surface area contributed by atoms with Gasteiger partial charge in [-0.15, -0.1) is 0 Å². The summed E-state index contributed by atoms with van der Waals surface area (Å²) in [5, 5.41) is 12.1. The molecule has 4 rings (SSSR count). The first-order chi connectivity index (χ1) is 16.5. The highest BCUT2D eigenvalue weighted by molar-refractivity contribution is 5.98. The molecule has 0 aliphatic carbocycles. The van der Waals surface area contributed by atoms with Crippen LogP contribution in [0.25, 0.3) is 0 Å². The molecule has 0 unspecified atom stereocenters. The Labute approximate surface area is 197 Å². The van der Waals surface area contributed by atoms with E-state index in [2.05, 4.69) is 15.3 Å². The van der Waals surface area contributed by atoms with Gasteiger partial charge in [0.2, 0.25) is 0 Å². The smallest absolute Gasteiger partial charge is 0.252 e. The van der Waals surface area contributed by atoms with Crippen LogP contribution in [0.2, 0.25) is 0 Å². The van der Waals surface area contributed by atoms with Crippen molar-refractivity contribution in [3.05, 3.63) is 77.2 Å². The Kier molecular flexibility index (Phi) is 6.87. The Bertz CT molecular complexity index is 1210. The van der Waals surface area contributed by atoms with Crippen LogP contribution in [0, 0.1) is 11.3 Å². The van der Waals surface area contributed by atoms with Gasteiger partial charge in [-0.1, -0.05) is 12.1 Å². The zero-order valence-corrected chi connectivity index (χ0v) is 18.7. The molecule has 3 aromatic rings. The number of nitrogens with one attached hydrogen (secondary N) is 1. The average Bonchev–Trinajstić information content (AvgIpc) is 2.85. The standard InChI is InChI=1S/C25H25FN6O2/c1-34-19-4-2-3-16(10-19)9-18-11-23(20(14-29-18)25(28)33)31-22-7-8-32(15-21(22)26)24-6-5-17(12-27)13-30-24/h2-6,10-11,13-14,21-22H,7-9,15H2,1H3,(H2,28,33)(H,29,31)/t21-,22+/m0/s1. The van der Waals surface area contributed by atoms with Gasteiger partial charge < -0.3 is 20.7 Å². The summed E-state index contributed by atoms with van der Waals surface area (Å²) in [6, 6.07) is 14.3. The van der Waals surface area contributed by atoms with E-state index in [0.29, 0.717) is 36.5 Å². The Morgan fingerprint density at radius 2 is 2.15 bits per heavy atom. The van der Waals surface area contributed by atoms with Gasteiger partial charge in [0.15, 0.2) is 0 Å². The van der Waals surface area contributed by atoms with Crippen LogP contribution in [0.4, 0.5) is 15.9 Å². The third-order valence-electron chi connectivity index (χ3n) is 5.83. The number of hydrogen-bond donors (Lipinski definition) is 2. The van der Waals surface area contributed by atoms with E-state index in [0.717, 1.165) is 17.0 Å². The van der Waals surface area contributed by atoms with Crippen molar-refractivity contribution in [3.8, 4) is 11.8 Å². The number of piperidine rings is 1. The molecule has 0 saturated carbocycles. The number of alkyl halides is 1. The normalized spacial score (nSPS) is 17.6. The molecule has 174 valence electrons. The van der Waals surface area contributed by atoms with E-state index in [1.54, 1.807) is 25.3 Å². The molecule has 2 atom stereocenters. The van der Waals surface area contributed by atoms with Gasteiger partial charge in [0.25, 0.3) is 5.91 Å². The zero-order valence-electron chi connectivity index (χ0n) is 18.7. The first-order valence-corrected chi connectivity index (χ1v) is 10.9. The SMILES string of the molecule is COc1cccc(Cc2cc(N[C@@H]3CCN(c4ccc(C#N)cn4)C[C@@H]3F)c(C(N)=O)cn2)c1. The lowest BCUT2D eigenvalue weighted by Gasteiger charge is -2.36. The van der Waals surface area contributed by atoms with Crippen molar-refractivity contribution in [1.29, 1.82) is 5.26 Å². The number of carbonyl (C=O) groups is 1. The number of primary amides is 1. The van der Waals surface area contributed by atoms with Crippen LogP contribution < -0.4 is 20.7 Å². The van der Waals surface area contributed by atoms with Crippen molar-refractivity contribution in [1.82, 2.24) is 9.97 Å². The Morgan fingerprint density at radius 3 is 2.82 bits per heavy atom. The topological polar surface area (TPSA) is 117 Å². The monoisotopic (exact) mass is 460 g/mol. The van der Waals surface area contributed by atoms with E-state index in [4.69, 9.17) is 15.7 Å².